The molecule has 0 saturated carbocycles. The molecule has 0 radical (unpaired) electrons. The molecule has 0 unspecified atom stereocenters. The fourth-order valence-electron chi connectivity index (χ4n) is 2.06. The van der Waals surface area contributed by atoms with Gasteiger partial charge in [-0.05, 0) is 62.2 Å². The summed E-state index contributed by atoms with van der Waals surface area (Å²) in [4.78, 5) is 11.5. The first-order valence-electron chi connectivity index (χ1n) is 7.16. The van der Waals surface area contributed by atoms with Crippen molar-refractivity contribution in [2.24, 2.45) is 0 Å². The van der Waals surface area contributed by atoms with Crippen molar-refractivity contribution in [3.63, 3.8) is 0 Å². The Hall–Kier alpha value is -2.19. The first-order chi connectivity index (χ1) is 12.1. The minimum Gasteiger partial charge on any atom is -0.483 e. The maximum atomic E-state index is 11.5. The summed E-state index contributed by atoms with van der Waals surface area (Å²) in [5.74, 6) is 0.886. The van der Waals surface area contributed by atoms with E-state index in [-0.39, 0.29) is 6.61 Å². The Morgan fingerprint density at radius 1 is 1.12 bits per heavy atom. The molecule has 128 valence electrons. The number of hydrogen-bond acceptors (Lipinski definition) is 6. The second-order valence-corrected chi connectivity index (χ2v) is 6.61. The average Bonchev–Trinajstić information content (AvgIpc) is 3.09. The first kappa shape index (κ1) is 17.6. The Kier molecular flexibility index (Phi) is 5.50. The Morgan fingerprint density at radius 3 is 2.64 bits per heavy atom. The van der Waals surface area contributed by atoms with Crippen molar-refractivity contribution in [1.82, 2.24) is 10.2 Å². The van der Waals surface area contributed by atoms with Crippen LogP contribution in [0.1, 0.15) is 16.2 Å². The Labute approximate surface area is 160 Å². The minimum absolute atomic E-state index is 0.105. The largest absolute Gasteiger partial charge is 0.483 e. The summed E-state index contributed by atoms with van der Waals surface area (Å²) in [7, 11) is 1.33. The Bertz CT molecular complexity index is 911. The minimum atomic E-state index is -0.415. The number of halogens is 2. The van der Waals surface area contributed by atoms with Crippen LogP contribution >= 0.6 is 31.9 Å². The van der Waals surface area contributed by atoms with Crippen molar-refractivity contribution in [3.8, 4) is 17.2 Å². The third kappa shape index (κ3) is 4.08. The van der Waals surface area contributed by atoms with Gasteiger partial charge < -0.3 is 13.9 Å². The van der Waals surface area contributed by atoms with Gasteiger partial charge in [-0.2, -0.15) is 0 Å². The van der Waals surface area contributed by atoms with Gasteiger partial charge in [0.15, 0.2) is 6.61 Å². The van der Waals surface area contributed by atoms with Crippen LogP contribution in [-0.2, 0) is 11.3 Å². The van der Waals surface area contributed by atoms with E-state index in [9.17, 15) is 4.79 Å². The summed E-state index contributed by atoms with van der Waals surface area (Å²) in [5.41, 5.74) is 1.24. The molecule has 1 heterocycles. The summed E-state index contributed by atoms with van der Waals surface area (Å²) in [6.07, 6.45) is 0. The smallest absolute Gasteiger partial charge is 0.337 e. The lowest BCUT2D eigenvalue weighted by Gasteiger charge is -2.07. The molecule has 0 amide bonds. The van der Waals surface area contributed by atoms with Crippen LogP contribution < -0.4 is 4.74 Å². The van der Waals surface area contributed by atoms with E-state index in [0.717, 1.165) is 10.0 Å². The van der Waals surface area contributed by atoms with E-state index in [4.69, 9.17) is 9.15 Å². The van der Waals surface area contributed by atoms with Crippen molar-refractivity contribution in [2.75, 3.05) is 7.11 Å². The normalized spacial score (nSPS) is 10.5. The van der Waals surface area contributed by atoms with Gasteiger partial charge in [0.25, 0.3) is 5.89 Å². The van der Waals surface area contributed by atoms with E-state index in [0.29, 0.717) is 27.6 Å². The standard InChI is InChI=1S/C17H12Br2N2O4/c1-23-17(22)10-6-7-14(13(19)8-10)24-9-15-20-21-16(25-15)11-4-2-3-5-12(11)18/h2-8H,9H2,1H3. The van der Waals surface area contributed by atoms with Crippen LogP contribution in [0.2, 0.25) is 0 Å². The van der Waals surface area contributed by atoms with E-state index >= 15 is 0 Å². The zero-order valence-corrected chi connectivity index (χ0v) is 16.2. The monoisotopic (exact) mass is 466 g/mol. The van der Waals surface area contributed by atoms with Crippen LogP contribution in [0, 0.1) is 0 Å². The van der Waals surface area contributed by atoms with Gasteiger partial charge in [0.1, 0.15) is 5.75 Å². The molecule has 0 saturated heterocycles. The number of hydrogen-bond donors (Lipinski definition) is 0. The third-order valence-corrected chi connectivity index (χ3v) is 4.59. The SMILES string of the molecule is COC(=O)c1ccc(OCc2nnc(-c3ccccc3Br)o2)c(Br)c1. The van der Waals surface area contributed by atoms with Crippen molar-refractivity contribution in [2.45, 2.75) is 6.61 Å². The highest BCUT2D eigenvalue weighted by Gasteiger charge is 2.13. The third-order valence-electron chi connectivity index (χ3n) is 3.28. The first-order valence-corrected chi connectivity index (χ1v) is 8.75. The summed E-state index contributed by atoms with van der Waals surface area (Å²) < 4.78 is 17.5. The average molecular weight is 468 g/mol. The molecule has 0 spiro atoms. The molecule has 0 atom stereocenters. The molecule has 6 nitrogen and oxygen atoms in total. The predicted molar refractivity (Wildman–Crippen MR) is 97.2 cm³/mol. The van der Waals surface area contributed by atoms with Crippen LogP contribution in [0.4, 0.5) is 0 Å². The highest BCUT2D eigenvalue weighted by molar-refractivity contribution is 9.11. The van der Waals surface area contributed by atoms with Gasteiger partial charge >= 0.3 is 5.97 Å². The molecule has 0 aliphatic heterocycles. The van der Waals surface area contributed by atoms with Crippen molar-refractivity contribution < 1.29 is 18.7 Å². The lowest BCUT2D eigenvalue weighted by molar-refractivity contribution is 0.0600. The molecule has 3 rings (SSSR count). The number of ether oxygens (including phenoxy) is 2. The van der Waals surface area contributed by atoms with Crippen LogP contribution in [0.25, 0.3) is 11.5 Å². The van der Waals surface area contributed by atoms with Gasteiger partial charge in [0.05, 0.1) is 22.7 Å². The van der Waals surface area contributed by atoms with Crippen LogP contribution in [0.15, 0.2) is 55.8 Å². The lowest BCUT2D eigenvalue weighted by atomic mass is 10.2. The maximum absolute atomic E-state index is 11.5. The number of nitrogens with zero attached hydrogens (tertiary/aromatic N) is 2. The van der Waals surface area contributed by atoms with Gasteiger partial charge in [-0.25, -0.2) is 4.79 Å². The molecule has 0 bridgehead atoms. The quantitative estimate of drug-likeness (QED) is 0.509. The van der Waals surface area contributed by atoms with Crippen molar-refractivity contribution in [1.29, 1.82) is 0 Å². The van der Waals surface area contributed by atoms with Crippen molar-refractivity contribution >= 4 is 37.8 Å². The van der Waals surface area contributed by atoms with E-state index < -0.39 is 5.97 Å². The molecular weight excluding hydrogens is 456 g/mol. The fourth-order valence-corrected chi connectivity index (χ4v) is 3.01. The zero-order valence-electron chi connectivity index (χ0n) is 13.0. The summed E-state index contributed by atoms with van der Waals surface area (Å²) in [6, 6.07) is 12.5. The summed E-state index contributed by atoms with van der Waals surface area (Å²) in [5, 5.41) is 8.02. The highest BCUT2D eigenvalue weighted by atomic mass is 79.9. The zero-order chi connectivity index (χ0) is 17.8. The van der Waals surface area contributed by atoms with Crippen LogP contribution in [0.5, 0.6) is 5.75 Å². The van der Waals surface area contributed by atoms with Gasteiger partial charge in [-0.15, -0.1) is 10.2 Å². The maximum Gasteiger partial charge on any atom is 0.337 e. The number of aromatic nitrogens is 2. The summed E-state index contributed by atoms with van der Waals surface area (Å²) >= 11 is 6.81. The van der Waals surface area contributed by atoms with Gasteiger partial charge in [-0.3, -0.25) is 0 Å². The van der Waals surface area contributed by atoms with Gasteiger partial charge in [0.2, 0.25) is 5.89 Å². The molecule has 25 heavy (non-hydrogen) atoms. The second-order valence-electron chi connectivity index (χ2n) is 4.91. The molecule has 2 aromatic carbocycles. The van der Waals surface area contributed by atoms with E-state index in [1.54, 1.807) is 18.2 Å². The number of carbonyl (C=O) groups is 1. The highest BCUT2D eigenvalue weighted by Crippen LogP contribution is 2.29. The molecule has 1 aromatic heterocycles. The predicted octanol–water partition coefficient (Wildman–Crippen LogP) is 4.63. The topological polar surface area (TPSA) is 74.5 Å². The molecule has 0 aliphatic rings. The molecule has 0 aliphatic carbocycles. The molecule has 0 N–H and O–H groups in total. The fraction of sp³-hybridized carbons (Fsp3) is 0.118. The number of methoxy groups -OCH3 is 1. The Morgan fingerprint density at radius 2 is 1.92 bits per heavy atom. The molecular formula is C17H12Br2N2O4. The van der Waals surface area contributed by atoms with E-state index in [1.807, 2.05) is 24.3 Å². The van der Waals surface area contributed by atoms with Crippen LogP contribution in [0.3, 0.4) is 0 Å². The number of rotatable bonds is 5. The number of esters is 1. The van der Waals surface area contributed by atoms with E-state index in [2.05, 4.69) is 46.8 Å². The number of benzene rings is 2. The summed E-state index contributed by atoms with van der Waals surface area (Å²) in [6.45, 7) is 0.105. The second kappa shape index (κ2) is 7.79. The molecule has 0 fully saturated rings. The van der Waals surface area contributed by atoms with Gasteiger partial charge in [0, 0.05) is 4.47 Å². The Balaban J connectivity index is 1.71. The van der Waals surface area contributed by atoms with Crippen LogP contribution in [-0.4, -0.2) is 23.3 Å². The van der Waals surface area contributed by atoms with E-state index in [1.165, 1.54) is 7.11 Å². The van der Waals surface area contributed by atoms with Gasteiger partial charge in [-0.1, -0.05) is 12.1 Å². The molecule has 8 heteroatoms. The van der Waals surface area contributed by atoms with Crippen molar-refractivity contribution in [3.05, 3.63) is 62.9 Å². The lowest BCUT2D eigenvalue weighted by Crippen LogP contribution is -2.02. The molecule has 3 aromatic rings. The number of carbonyl (C=O) groups excluding carboxylic acids is 1.